The van der Waals surface area contributed by atoms with E-state index in [1.807, 2.05) is 38.1 Å². The summed E-state index contributed by atoms with van der Waals surface area (Å²) in [4.78, 5) is 24.8. The summed E-state index contributed by atoms with van der Waals surface area (Å²) in [6, 6.07) is 13.3. The molecule has 0 saturated carbocycles. The monoisotopic (exact) mass is 358 g/mol. The van der Waals surface area contributed by atoms with Gasteiger partial charge in [-0.15, -0.1) is 0 Å². The summed E-state index contributed by atoms with van der Waals surface area (Å²) in [6.45, 7) is 4.01. The Labute approximate surface area is 152 Å². The highest BCUT2D eigenvalue weighted by Gasteiger charge is 2.22. The van der Waals surface area contributed by atoms with E-state index in [-0.39, 0.29) is 30.0 Å². The quantitative estimate of drug-likeness (QED) is 0.532. The number of carbonyl (C=O) groups is 1. The smallest absolute Gasteiger partial charge is 0.310 e. The van der Waals surface area contributed by atoms with Gasteiger partial charge in [-0.3, -0.25) is 14.9 Å². The first-order valence-corrected chi connectivity index (χ1v) is 8.27. The van der Waals surface area contributed by atoms with Crippen molar-refractivity contribution in [2.75, 3.05) is 20.3 Å². The van der Waals surface area contributed by atoms with Crippen molar-refractivity contribution in [3.8, 4) is 11.5 Å². The summed E-state index contributed by atoms with van der Waals surface area (Å²) in [5, 5.41) is 11.0. The third-order valence-corrected chi connectivity index (χ3v) is 4.12. The van der Waals surface area contributed by atoms with Gasteiger partial charge in [0, 0.05) is 12.6 Å². The standard InChI is InChI=1S/C19H22N2O5/c1-4-20(14(2)15-8-7-9-16(12-15)25-3)19(22)13-26-18-11-6-5-10-17(18)21(23)24/h5-12,14H,4,13H2,1-3H3. The maximum Gasteiger partial charge on any atom is 0.310 e. The van der Waals surface area contributed by atoms with E-state index in [1.165, 1.54) is 12.1 Å². The molecular weight excluding hydrogens is 336 g/mol. The first kappa shape index (κ1) is 19.2. The molecule has 7 heteroatoms. The zero-order valence-electron chi connectivity index (χ0n) is 15.0. The molecule has 0 bridgehead atoms. The van der Waals surface area contributed by atoms with Gasteiger partial charge in [0.1, 0.15) is 5.75 Å². The average Bonchev–Trinajstić information content (AvgIpc) is 2.67. The molecule has 0 fully saturated rings. The van der Waals surface area contributed by atoms with Crippen LogP contribution in [0.15, 0.2) is 48.5 Å². The summed E-state index contributed by atoms with van der Waals surface area (Å²) in [6.07, 6.45) is 0. The molecule has 0 heterocycles. The number of hydrogen-bond acceptors (Lipinski definition) is 5. The van der Waals surface area contributed by atoms with Crippen LogP contribution >= 0.6 is 0 Å². The summed E-state index contributed by atoms with van der Waals surface area (Å²) >= 11 is 0. The zero-order chi connectivity index (χ0) is 19.1. The molecule has 1 amide bonds. The Kier molecular flexibility index (Phi) is 6.54. The summed E-state index contributed by atoms with van der Waals surface area (Å²) in [7, 11) is 1.59. The van der Waals surface area contributed by atoms with Gasteiger partial charge in [0.25, 0.3) is 5.91 Å². The fourth-order valence-corrected chi connectivity index (χ4v) is 2.70. The van der Waals surface area contributed by atoms with Gasteiger partial charge in [-0.1, -0.05) is 24.3 Å². The number of carbonyl (C=O) groups excluding carboxylic acids is 1. The van der Waals surface area contributed by atoms with Gasteiger partial charge < -0.3 is 14.4 Å². The molecule has 2 aromatic rings. The van der Waals surface area contributed by atoms with E-state index >= 15 is 0 Å². The van der Waals surface area contributed by atoms with Crippen LogP contribution in [0.1, 0.15) is 25.5 Å². The van der Waals surface area contributed by atoms with E-state index in [0.29, 0.717) is 12.3 Å². The molecule has 7 nitrogen and oxygen atoms in total. The van der Waals surface area contributed by atoms with E-state index in [2.05, 4.69) is 0 Å². The van der Waals surface area contributed by atoms with Crippen LogP contribution in [0.3, 0.4) is 0 Å². The number of likely N-dealkylation sites (N-methyl/N-ethyl adjacent to an activating group) is 1. The maximum absolute atomic E-state index is 12.6. The van der Waals surface area contributed by atoms with E-state index in [1.54, 1.807) is 24.1 Å². The molecule has 26 heavy (non-hydrogen) atoms. The summed E-state index contributed by atoms with van der Waals surface area (Å²) in [5.74, 6) is 0.547. The van der Waals surface area contributed by atoms with Gasteiger partial charge in [-0.2, -0.15) is 0 Å². The number of para-hydroxylation sites is 2. The summed E-state index contributed by atoms with van der Waals surface area (Å²) < 4.78 is 10.6. The van der Waals surface area contributed by atoms with Crippen molar-refractivity contribution in [3.05, 3.63) is 64.2 Å². The molecule has 1 atom stereocenters. The number of hydrogen-bond donors (Lipinski definition) is 0. The number of rotatable bonds is 8. The lowest BCUT2D eigenvalue weighted by atomic mass is 10.1. The Balaban J connectivity index is 2.10. The molecule has 2 rings (SSSR count). The van der Waals surface area contributed by atoms with Crippen molar-refractivity contribution in [1.82, 2.24) is 4.90 Å². The Bertz CT molecular complexity index is 778. The van der Waals surface area contributed by atoms with Crippen molar-refractivity contribution in [2.24, 2.45) is 0 Å². The number of nitro benzene ring substituents is 1. The average molecular weight is 358 g/mol. The van der Waals surface area contributed by atoms with E-state index in [0.717, 1.165) is 5.56 Å². The van der Waals surface area contributed by atoms with Crippen molar-refractivity contribution in [3.63, 3.8) is 0 Å². The lowest BCUT2D eigenvalue weighted by Crippen LogP contribution is -2.36. The van der Waals surface area contributed by atoms with Crippen LogP contribution in [-0.2, 0) is 4.79 Å². The number of amides is 1. The van der Waals surface area contributed by atoms with Crippen LogP contribution in [0.25, 0.3) is 0 Å². The molecule has 0 radical (unpaired) electrons. The fraction of sp³-hybridized carbons (Fsp3) is 0.316. The molecule has 2 aromatic carbocycles. The van der Waals surface area contributed by atoms with Crippen LogP contribution < -0.4 is 9.47 Å². The maximum atomic E-state index is 12.6. The molecule has 0 aromatic heterocycles. The largest absolute Gasteiger partial charge is 0.497 e. The van der Waals surface area contributed by atoms with Gasteiger partial charge in [-0.05, 0) is 37.6 Å². The van der Waals surface area contributed by atoms with Crippen molar-refractivity contribution < 1.29 is 19.2 Å². The molecule has 0 saturated heterocycles. The van der Waals surface area contributed by atoms with Crippen molar-refractivity contribution in [2.45, 2.75) is 19.9 Å². The number of ether oxygens (including phenoxy) is 2. The predicted molar refractivity (Wildman–Crippen MR) is 97.4 cm³/mol. The van der Waals surface area contributed by atoms with Gasteiger partial charge in [0.15, 0.2) is 12.4 Å². The lowest BCUT2D eigenvalue weighted by molar-refractivity contribution is -0.385. The molecule has 0 aliphatic rings. The van der Waals surface area contributed by atoms with Gasteiger partial charge in [-0.25, -0.2) is 0 Å². The lowest BCUT2D eigenvalue weighted by Gasteiger charge is -2.28. The van der Waals surface area contributed by atoms with Crippen LogP contribution in [0.5, 0.6) is 11.5 Å². The fourth-order valence-electron chi connectivity index (χ4n) is 2.70. The molecule has 0 aliphatic carbocycles. The molecule has 1 unspecified atom stereocenters. The van der Waals surface area contributed by atoms with Crippen LogP contribution in [0.4, 0.5) is 5.69 Å². The molecule has 0 aliphatic heterocycles. The van der Waals surface area contributed by atoms with E-state index < -0.39 is 4.92 Å². The number of nitrogens with zero attached hydrogens (tertiary/aromatic N) is 2. The Hall–Kier alpha value is -3.09. The zero-order valence-corrected chi connectivity index (χ0v) is 15.0. The van der Waals surface area contributed by atoms with Crippen molar-refractivity contribution in [1.29, 1.82) is 0 Å². The van der Waals surface area contributed by atoms with Crippen LogP contribution in [0, 0.1) is 10.1 Å². The molecule has 0 N–H and O–H groups in total. The summed E-state index contributed by atoms with van der Waals surface area (Å²) in [5.41, 5.74) is 0.773. The minimum Gasteiger partial charge on any atom is -0.497 e. The van der Waals surface area contributed by atoms with Crippen LogP contribution in [0.2, 0.25) is 0 Å². The van der Waals surface area contributed by atoms with Gasteiger partial charge >= 0.3 is 5.69 Å². The minimum atomic E-state index is -0.531. The first-order valence-electron chi connectivity index (χ1n) is 8.27. The highest BCUT2D eigenvalue weighted by Crippen LogP contribution is 2.27. The topological polar surface area (TPSA) is 81.9 Å². The number of benzene rings is 2. The number of methoxy groups -OCH3 is 1. The second kappa shape index (κ2) is 8.84. The normalized spacial score (nSPS) is 11.5. The third-order valence-electron chi connectivity index (χ3n) is 4.12. The molecular formula is C19H22N2O5. The SMILES string of the molecule is CCN(C(=O)COc1ccccc1[N+](=O)[O-])C(C)c1cccc(OC)c1. The Morgan fingerprint density at radius 1 is 1.23 bits per heavy atom. The Morgan fingerprint density at radius 3 is 2.62 bits per heavy atom. The van der Waals surface area contributed by atoms with E-state index in [9.17, 15) is 14.9 Å². The number of nitro groups is 1. The highest BCUT2D eigenvalue weighted by molar-refractivity contribution is 5.78. The predicted octanol–water partition coefficient (Wildman–Crippen LogP) is 3.59. The molecule has 138 valence electrons. The first-order chi connectivity index (χ1) is 12.5. The van der Waals surface area contributed by atoms with Gasteiger partial charge in [0.05, 0.1) is 18.1 Å². The van der Waals surface area contributed by atoms with Crippen LogP contribution in [-0.4, -0.2) is 36.0 Å². The third kappa shape index (κ3) is 4.50. The Morgan fingerprint density at radius 2 is 1.96 bits per heavy atom. The highest BCUT2D eigenvalue weighted by atomic mass is 16.6. The second-order valence-corrected chi connectivity index (χ2v) is 5.65. The van der Waals surface area contributed by atoms with Crippen molar-refractivity contribution >= 4 is 11.6 Å². The van der Waals surface area contributed by atoms with E-state index in [4.69, 9.17) is 9.47 Å². The van der Waals surface area contributed by atoms with Gasteiger partial charge in [0.2, 0.25) is 0 Å². The second-order valence-electron chi connectivity index (χ2n) is 5.65. The minimum absolute atomic E-state index is 0.0796. The molecule has 0 spiro atoms.